The molecule has 0 atom stereocenters. The van der Waals surface area contributed by atoms with Gasteiger partial charge in [0.2, 0.25) is 0 Å². The predicted octanol–water partition coefficient (Wildman–Crippen LogP) is 2.67. The van der Waals surface area contributed by atoms with Crippen LogP contribution in [0.5, 0.6) is 5.75 Å². The first kappa shape index (κ1) is 17.9. The zero-order valence-corrected chi connectivity index (χ0v) is 14.8. The average Bonchev–Trinajstić information content (AvgIpc) is 2.69. The van der Waals surface area contributed by atoms with E-state index in [2.05, 4.69) is 10.3 Å². The molecule has 0 fully saturated rings. The summed E-state index contributed by atoms with van der Waals surface area (Å²) in [5.74, 6) is -0.0284. The number of aromatic nitrogens is 2. The third-order valence-corrected chi connectivity index (χ3v) is 4.01. The molecule has 3 rings (SSSR count). The summed E-state index contributed by atoms with van der Waals surface area (Å²) in [7, 11) is 1.52. The first-order chi connectivity index (χ1) is 13.0. The van der Waals surface area contributed by atoms with Crippen molar-refractivity contribution in [2.24, 2.45) is 0 Å². The number of rotatable bonds is 4. The molecule has 1 aromatic carbocycles. The van der Waals surface area contributed by atoms with Crippen molar-refractivity contribution >= 4 is 11.6 Å². The van der Waals surface area contributed by atoms with E-state index in [0.29, 0.717) is 22.7 Å². The normalized spacial score (nSPS) is 10.1. The van der Waals surface area contributed by atoms with Gasteiger partial charge < -0.3 is 10.1 Å². The second-order valence-electron chi connectivity index (χ2n) is 5.72. The molecule has 1 amide bonds. The highest BCUT2D eigenvalue weighted by atomic mass is 16.5. The molecule has 7 heteroatoms. The maximum Gasteiger partial charge on any atom is 0.268 e. The first-order valence-corrected chi connectivity index (χ1v) is 8.08. The molecule has 1 N–H and O–H groups in total. The SMILES string of the molecule is COc1ccccc1-n1ccc(C)c(C(=O)Nc2ccc(C#N)nc2)c1=O. The number of methoxy groups -OCH3 is 1. The number of amides is 1. The predicted molar refractivity (Wildman–Crippen MR) is 100 cm³/mol. The Kier molecular flexibility index (Phi) is 4.99. The van der Waals surface area contributed by atoms with Crippen molar-refractivity contribution in [3.63, 3.8) is 0 Å². The van der Waals surface area contributed by atoms with Gasteiger partial charge in [-0.15, -0.1) is 0 Å². The van der Waals surface area contributed by atoms with Crippen LogP contribution < -0.4 is 15.6 Å². The van der Waals surface area contributed by atoms with E-state index in [1.54, 1.807) is 49.5 Å². The number of carbonyl (C=O) groups excluding carboxylic acids is 1. The van der Waals surface area contributed by atoms with Crippen molar-refractivity contribution in [2.75, 3.05) is 12.4 Å². The van der Waals surface area contributed by atoms with Gasteiger partial charge in [-0.2, -0.15) is 5.26 Å². The Morgan fingerprint density at radius 1 is 1.22 bits per heavy atom. The summed E-state index contributed by atoms with van der Waals surface area (Å²) in [6.07, 6.45) is 2.98. The largest absolute Gasteiger partial charge is 0.495 e. The molecule has 0 aliphatic carbocycles. The minimum atomic E-state index is -0.548. The molecule has 27 heavy (non-hydrogen) atoms. The van der Waals surface area contributed by atoms with Crippen LogP contribution in [0.4, 0.5) is 5.69 Å². The van der Waals surface area contributed by atoms with E-state index in [-0.39, 0.29) is 11.3 Å². The summed E-state index contributed by atoms with van der Waals surface area (Å²) < 4.78 is 6.68. The molecule has 0 aliphatic heterocycles. The first-order valence-electron chi connectivity index (χ1n) is 8.08. The van der Waals surface area contributed by atoms with E-state index < -0.39 is 11.5 Å². The van der Waals surface area contributed by atoms with Crippen molar-refractivity contribution in [1.29, 1.82) is 5.26 Å². The number of para-hydroxylation sites is 2. The fraction of sp³-hybridized carbons (Fsp3) is 0.100. The lowest BCUT2D eigenvalue weighted by molar-refractivity contribution is 0.102. The molecule has 0 aliphatic rings. The smallest absolute Gasteiger partial charge is 0.268 e. The van der Waals surface area contributed by atoms with Crippen LogP contribution in [0.25, 0.3) is 5.69 Å². The summed E-state index contributed by atoms with van der Waals surface area (Å²) >= 11 is 0. The van der Waals surface area contributed by atoms with Crippen LogP contribution >= 0.6 is 0 Å². The minimum absolute atomic E-state index is 0.0211. The van der Waals surface area contributed by atoms with Crippen LogP contribution in [0.15, 0.2) is 59.7 Å². The van der Waals surface area contributed by atoms with E-state index in [1.165, 1.54) is 23.9 Å². The van der Waals surface area contributed by atoms with Gasteiger partial charge in [0.15, 0.2) is 0 Å². The zero-order valence-electron chi connectivity index (χ0n) is 14.8. The Balaban J connectivity index is 2.01. The number of nitriles is 1. The third kappa shape index (κ3) is 3.55. The second kappa shape index (κ2) is 7.54. The van der Waals surface area contributed by atoms with Gasteiger partial charge in [0.05, 0.1) is 24.7 Å². The summed E-state index contributed by atoms with van der Waals surface area (Å²) in [4.78, 5) is 29.6. The van der Waals surface area contributed by atoms with E-state index in [4.69, 9.17) is 10.00 Å². The zero-order chi connectivity index (χ0) is 19.4. The summed E-state index contributed by atoms with van der Waals surface area (Å²) in [6.45, 7) is 1.69. The van der Waals surface area contributed by atoms with Crippen molar-refractivity contribution < 1.29 is 9.53 Å². The number of hydrogen-bond donors (Lipinski definition) is 1. The molecule has 2 aromatic heterocycles. The van der Waals surface area contributed by atoms with Crippen LogP contribution in [0.2, 0.25) is 0 Å². The van der Waals surface area contributed by atoms with E-state index in [1.807, 2.05) is 6.07 Å². The fourth-order valence-electron chi connectivity index (χ4n) is 2.65. The Hall–Kier alpha value is -3.92. The molecule has 0 bridgehead atoms. The van der Waals surface area contributed by atoms with Crippen molar-refractivity contribution in [3.8, 4) is 17.5 Å². The molecule has 0 spiro atoms. The van der Waals surface area contributed by atoms with Crippen molar-refractivity contribution in [3.05, 3.63) is 82.0 Å². The highest BCUT2D eigenvalue weighted by Gasteiger charge is 2.18. The monoisotopic (exact) mass is 360 g/mol. The highest BCUT2D eigenvalue weighted by Crippen LogP contribution is 2.21. The highest BCUT2D eigenvalue weighted by molar-refractivity contribution is 6.05. The van der Waals surface area contributed by atoms with Crippen LogP contribution in [-0.2, 0) is 0 Å². The summed E-state index contributed by atoms with van der Waals surface area (Å²) in [5, 5.41) is 11.4. The number of nitrogens with one attached hydrogen (secondary N) is 1. The Morgan fingerprint density at radius 3 is 2.67 bits per heavy atom. The quantitative estimate of drug-likeness (QED) is 0.771. The molecular formula is C20H16N4O3. The average molecular weight is 360 g/mol. The third-order valence-electron chi connectivity index (χ3n) is 4.01. The number of benzene rings is 1. The van der Waals surface area contributed by atoms with Crippen LogP contribution in [0, 0.1) is 18.3 Å². The van der Waals surface area contributed by atoms with E-state index in [0.717, 1.165) is 0 Å². The van der Waals surface area contributed by atoms with Gasteiger partial charge in [-0.05, 0) is 42.8 Å². The second-order valence-corrected chi connectivity index (χ2v) is 5.72. The van der Waals surface area contributed by atoms with Gasteiger partial charge >= 0.3 is 0 Å². The van der Waals surface area contributed by atoms with E-state index in [9.17, 15) is 9.59 Å². The van der Waals surface area contributed by atoms with Crippen LogP contribution in [0.1, 0.15) is 21.6 Å². The topological polar surface area (TPSA) is 97.0 Å². The Morgan fingerprint density at radius 2 is 2.00 bits per heavy atom. The maximum absolute atomic E-state index is 13.0. The number of anilines is 1. The van der Waals surface area contributed by atoms with Crippen LogP contribution in [-0.4, -0.2) is 22.6 Å². The molecule has 0 radical (unpaired) electrons. The van der Waals surface area contributed by atoms with Crippen molar-refractivity contribution in [1.82, 2.24) is 9.55 Å². The molecule has 0 unspecified atom stereocenters. The lowest BCUT2D eigenvalue weighted by Crippen LogP contribution is -2.29. The minimum Gasteiger partial charge on any atom is -0.495 e. The summed E-state index contributed by atoms with van der Waals surface area (Å²) in [5.41, 5.74) is 1.28. The van der Waals surface area contributed by atoms with Gasteiger partial charge in [0, 0.05) is 6.20 Å². The molecule has 7 nitrogen and oxygen atoms in total. The van der Waals surface area contributed by atoms with Gasteiger partial charge in [0.25, 0.3) is 11.5 Å². The number of hydrogen-bond acceptors (Lipinski definition) is 5. The molecule has 134 valence electrons. The van der Waals surface area contributed by atoms with Crippen LogP contribution in [0.3, 0.4) is 0 Å². The molecule has 3 aromatic rings. The van der Waals surface area contributed by atoms with Crippen molar-refractivity contribution in [2.45, 2.75) is 6.92 Å². The molecule has 0 saturated heterocycles. The Bertz CT molecular complexity index is 1100. The molecular weight excluding hydrogens is 344 g/mol. The van der Waals surface area contributed by atoms with Gasteiger partial charge in [-0.1, -0.05) is 12.1 Å². The molecule has 0 saturated carbocycles. The van der Waals surface area contributed by atoms with Gasteiger partial charge in [-0.25, -0.2) is 4.98 Å². The van der Waals surface area contributed by atoms with Gasteiger partial charge in [0.1, 0.15) is 23.1 Å². The standard InChI is InChI=1S/C20H16N4O3/c1-13-9-10-24(16-5-3-4-6-17(16)27-2)20(26)18(13)19(25)23-15-8-7-14(11-21)22-12-15/h3-10,12H,1-2H3,(H,23,25). The molecule has 2 heterocycles. The Labute approximate surface area is 155 Å². The lowest BCUT2D eigenvalue weighted by Gasteiger charge is -2.13. The van der Waals surface area contributed by atoms with Gasteiger partial charge in [-0.3, -0.25) is 14.2 Å². The number of aryl methyl sites for hydroxylation is 1. The summed E-state index contributed by atoms with van der Waals surface area (Å²) in [6, 6.07) is 13.7. The number of carbonyl (C=O) groups is 1. The number of pyridine rings is 2. The maximum atomic E-state index is 13.0. The number of ether oxygens (including phenoxy) is 1. The van der Waals surface area contributed by atoms with E-state index >= 15 is 0 Å². The lowest BCUT2D eigenvalue weighted by atomic mass is 10.1. The number of nitrogens with zero attached hydrogens (tertiary/aromatic N) is 3. The fourth-order valence-corrected chi connectivity index (χ4v) is 2.65.